The summed E-state index contributed by atoms with van der Waals surface area (Å²) in [6.45, 7) is 4.26. The number of unbranched alkanes of at least 4 members (excludes halogenated alkanes) is 10. The van der Waals surface area contributed by atoms with Gasteiger partial charge in [0.1, 0.15) is 10.0 Å². The van der Waals surface area contributed by atoms with Crippen LogP contribution in [0, 0.1) is 0 Å². The highest BCUT2D eigenvalue weighted by Crippen LogP contribution is 2.33. The number of nitrogens with one attached hydrogen (secondary N) is 2. The largest absolute Gasteiger partial charge is 0.478 e. The molecule has 2 aromatic rings. The van der Waals surface area contributed by atoms with Gasteiger partial charge in [-0.2, -0.15) is 0 Å². The molecule has 38 heavy (non-hydrogen) atoms. The van der Waals surface area contributed by atoms with Gasteiger partial charge in [0.25, 0.3) is 0 Å². The third-order valence-electron chi connectivity index (χ3n) is 7.14. The van der Waals surface area contributed by atoms with E-state index in [2.05, 4.69) is 27.4 Å². The molecule has 2 amide bonds. The van der Waals surface area contributed by atoms with Crippen LogP contribution in [0.4, 0.5) is 9.80 Å². The van der Waals surface area contributed by atoms with Crippen LogP contribution in [0.5, 0.6) is 0 Å². The Morgan fingerprint density at radius 3 is 2.24 bits per heavy atom. The molecule has 0 radical (unpaired) electrons. The average molecular weight is 545 g/mol. The van der Waals surface area contributed by atoms with Gasteiger partial charge in [-0.05, 0) is 18.6 Å². The van der Waals surface area contributed by atoms with Gasteiger partial charge in [0, 0.05) is 32.3 Å². The van der Waals surface area contributed by atoms with Crippen LogP contribution in [-0.4, -0.2) is 61.0 Å². The summed E-state index contributed by atoms with van der Waals surface area (Å²) in [5.74, 6) is -0.944. The molecule has 1 aromatic heterocycles. The first kappa shape index (κ1) is 29.9. The lowest BCUT2D eigenvalue weighted by Crippen LogP contribution is -2.48. The quantitative estimate of drug-likeness (QED) is 0.201. The number of aromatic carboxylic acids is 1. The van der Waals surface area contributed by atoms with Gasteiger partial charge in [-0.3, -0.25) is 0 Å². The van der Waals surface area contributed by atoms with E-state index in [9.17, 15) is 9.59 Å². The van der Waals surface area contributed by atoms with Crippen LogP contribution in [0.1, 0.15) is 87.9 Å². The summed E-state index contributed by atoms with van der Waals surface area (Å²) in [7, 11) is 1.67. The predicted octanol–water partition coefficient (Wildman–Crippen LogP) is 6.32. The fraction of sp³-hybridized carbons (Fsp3) is 0.621. The average Bonchev–Trinajstić information content (AvgIpc) is 3.57. The highest BCUT2D eigenvalue weighted by Gasteiger charge is 2.35. The molecular weight excluding hydrogens is 500 g/mol. The molecule has 0 unspecified atom stereocenters. The van der Waals surface area contributed by atoms with E-state index in [1.54, 1.807) is 42.7 Å². The van der Waals surface area contributed by atoms with E-state index in [1.807, 2.05) is 6.20 Å². The van der Waals surface area contributed by atoms with E-state index in [0.29, 0.717) is 19.6 Å². The van der Waals surface area contributed by atoms with Gasteiger partial charge in [0.05, 0.1) is 23.9 Å². The van der Waals surface area contributed by atoms with E-state index < -0.39 is 5.97 Å². The number of anilines is 1. The molecule has 0 bridgehead atoms. The second-order valence-electron chi connectivity index (χ2n) is 10.1. The maximum atomic E-state index is 12.5. The van der Waals surface area contributed by atoms with Crippen molar-refractivity contribution in [3.63, 3.8) is 0 Å². The van der Waals surface area contributed by atoms with E-state index in [0.717, 1.165) is 28.4 Å². The Bertz CT molecular complexity index is 981. The molecule has 8 nitrogen and oxygen atoms in total. The van der Waals surface area contributed by atoms with Crippen molar-refractivity contribution < 1.29 is 19.4 Å². The Balaban J connectivity index is 1.34. The summed E-state index contributed by atoms with van der Waals surface area (Å²) < 4.78 is 5.66. The molecule has 3 rings (SSSR count). The molecule has 0 aliphatic carbocycles. The van der Waals surface area contributed by atoms with Crippen LogP contribution >= 0.6 is 11.3 Å². The van der Waals surface area contributed by atoms with Crippen LogP contribution in [0.3, 0.4) is 0 Å². The van der Waals surface area contributed by atoms with Gasteiger partial charge in [0.2, 0.25) is 0 Å². The lowest BCUT2D eigenvalue weighted by molar-refractivity contribution is 0.0697. The van der Waals surface area contributed by atoms with E-state index in [1.165, 1.54) is 57.8 Å². The maximum absolute atomic E-state index is 12.5. The monoisotopic (exact) mass is 544 g/mol. The Morgan fingerprint density at radius 2 is 1.63 bits per heavy atom. The van der Waals surface area contributed by atoms with Crippen LogP contribution in [0.2, 0.25) is 0 Å². The zero-order chi connectivity index (χ0) is 27.2. The number of hydrogen-bond donors (Lipinski definition) is 3. The second-order valence-corrected chi connectivity index (χ2v) is 11.1. The lowest BCUT2D eigenvalue weighted by Gasteiger charge is -2.18. The third kappa shape index (κ3) is 9.58. The van der Waals surface area contributed by atoms with Gasteiger partial charge in [-0.15, -0.1) is 0 Å². The highest BCUT2D eigenvalue weighted by atomic mass is 32.1. The number of hydrogen-bond acceptors (Lipinski definition) is 6. The van der Waals surface area contributed by atoms with Crippen LogP contribution in [0.25, 0.3) is 10.6 Å². The Hall–Kier alpha value is -2.65. The number of benzene rings is 1. The van der Waals surface area contributed by atoms with Crippen LogP contribution < -0.4 is 15.5 Å². The minimum Gasteiger partial charge on any atom is -0.478 e. The predicted molar refractivity (Wildman–Crippen MR) is 154 cm³/mol. The fourth-order valence-corrected chi connectivity index (χ4v) is 5.78. The zero-order valence-corrected chi connectivity index (χ0v) is 23.7. The number of carboxylic acid groups (broad SMARTS) is 1. The van der Waals surface area contributed by atoms with Crippen molar-refractivity contribution in [1.29, 1.82) is 0 Å². The number of urea groups is 1. The SMILES string of the molecule is CCCCCCCCCCCCCNC(=O)N[C@H]1CN(c2cnc(-c3ccc(C(=O)O)cc3)s2)C[C@@H]1OC. The topological polar surface area (TPSA) is 104 Å². The second kappa shape index (κ2) is 16.3. The molecule has 2 heterocycles. The standard InChI is InChI=1S/C29H44N4O4S/c1-3-4-5-6-7-8-9-10-11-12-13-18-30-29(36)32-24-20-33(21-25(24)37-2)26-19-31-27(38-26)22-14-16-23(17-15-22)28(34)35/h14-17,19,24-25H,3-13,18,20-21H2,1-2H3,(H,34,35)(H2,30,32,36)/t24-,25-/m0/s1. The minimum absolute atomic E-state index is 0.108. The third-order valence-corrected chi connectivity index (χ3v) is 8.24. The van der Waals surface area contributed by atoms with E-state index >= 15 is 0 Å². The molecule has 1 aromatic carbocycles. The van der Waals surface area contributed by atoms with Crippen molar-refractivity contribution in [3.8, 4) is 10.6 Å². The molecule has 0 saturated carbocycles. The van der Waals surface area contributed by atoms with Crippen molar-refractivity contribution in [2.24, 2.45) is 0 Å². The summed E-state index contributed by atoms with van der Waals surface area (Å²) in [6, 6.07) is 6.47. The van der Waals surface area contributed by atoms with Crippen molar-refractivity contribution in [2.45, 2.75) is 89.7 Å². The number of amides is 2. The Kier molecular flexibility index (Phi) is 12.9. The normalized spacial score (nSPS) is 17.1. The Morgan fingerprint density at radius 1 is 1.00 bits per heavy atom. The van der Waals surface area contributed by atoms with Crippen molar-refractivity contribution in [2.75, 3.05) is 31.6 Å². The number of aromatic nitrogens is 1. The molecule has 1 aliphatic rings. The number of ether oxygens (including phenoxy) is 1. The van der Waals surface area contributed by atoms with Crippen molar-refractivity contribution in [3.05, 3.63) is 36.0 Å². The molecule has 3 N–H and O–H groups in total. The van der Waals surface area contributed by atoms with Gasteiger partial charge < -0.3 is 25.4 Å². The molecule has 1 aliphatic heterocycles. The van der Waals surface area contributed by atoms with Crippen LogP contribution in [0.15, 0.2) is 30.5 Å². The number of rotatable bonds is 17. The summed E-state index contributed by atoms with van der Waals surface area (Å²) in [6.07, 6.45) is 15.9. The Labute approximate surface area is 231 Å². The molecule has 2 atom stereocenters. The molecule has 1 fully saturated rings. The van der Waals surface area contributed by atoms with Crippen LogP contribution in [-0.2, 0) is 4.74 Å². The first-order valence-electron chi connectivity index (χ1n) is 14.1. The number of methoxy groups -OCH3 is 1. The lowest BCUT2D eigenvalue weighted by atomic mass is 10.1. The van der Waals surface area contributed by atoms with E-state index in [4.69, 9.17) is 9.84 Å². The number of carboxylic acids is 1. The first-order chi connectivity index (χ1) is 18.5. The molecule has 9 heteroatoms. The number of nitrogens with zero attached hydrogens (tertiary/aromatic N) is 2. The summed E-state index contributed by atoms with van der Waals surface area (Å²) in [4.78, 5) is 30.3. The van der Waals surface area contributed by atoms with Gasteiger partial charge in [0.15, 0.2) is 0 Å². The molecule has 0 spiro atoms. The minimum atomic E-state index is -0.944. The summed E-state index contributed by atoms with van der Waals surface area (Å²) >= 11 is 1.54. The molecular formula is C29H44N4O4S. The first-order valence-corrected chi connectivity index (χ1v) is 14.9. The fourth-order valence-electron chi connectivity index (χ4n) is 4.84. The smallest absolute Gasteiger partial charge is 0.335 e. The summed E-state index contributed by atoms with van der Waals surface area (Å²) in [5, 5.41) is 17.0. The zero-order valence-electron chi connectivity index (χ0n) is 22.9. The van der Waals surface area contributed by atoms with Gasteiger partial charge >= 0.3 is 12.0 Å². The van der Waals surface area contributed by atoms with Gasteiger partial charge in [-0.25, -0.2) is 14.6 Å². The number of thiazole rings is 1. The maximum Gasteiger partial charge on any atom is 0.335 e. The number of carbonyl (C=O) groups is 2. The van der Waals surface area contributed by atoms with Crippen molar-refractivity contribution >= 4 is 28.3 Å². The van der Waals surface area contributed by atoms with Gasteiger partial charge in [-0.1, -0.05) is 94.6 Å². The van der Waals surface area contributed by atoms with Crippen molar-refractivity contribution in [1.82, 2.24) is 15.6 Å². The highest BCUT2D eigenvalue weighted by molar-refractivity contribution is 7.18. The van der Waals surface area contributed by atoms with E-state index in [-0.39, 0.29) is 23.7 Å². The molecule has 1 saturated heterocycles. The molecule has 210 valence electrons. The summed E-state index contributed by atoms with van der Waals surface area (Å²) in [5.41, 5.74) is 1.13. The number of carbonyl (C=O) groups excluding carboxylic acids is 1.